The van der Waals surface area contributed by atoms with Gasteiger partial charge >= 0.3 is 39.5 Å². The maximum atomic E-state index is 13.0. The number of hydrogen-bond donors (Lipinski definition) is 3. The zero-order valence-electron chi connectivity index (χ0n) is 52.2. The molecule has 0 aromatic carbocycles. The molecule has 0 rings (SSSR count). The number of hydrogen-bond acceptors (Lipinski definition) is 15. The van der Waals surface area contributed by atoms with Crippen LogP contribution in [0.2, 0.25) is 0 Å². The SMILES string of the molecule is CCCCCCCCCC(=O)OC[C@H](COP(=O)(O)OC[C@H](O)COP(=O)(O)OC[C@@H](COC(=O)CCCCCCCCC(C)CC)OC(=O)CCCCCCCCCCCCC(C)CC)OC(=O)CCCCCCCCC(C)CC. The van der Waals surface area contributed by atoms with Crippen LogP contribution in [-0.2, 0) is 65.4 Å². The predicted molar refractivity (Wildman–Crippen MR) is 321 cm³/mol. The monoisotopic (exact) mass is 1200 g/mol. The summed E-state index contributed by atoms with van der Waals surface area (Å²) in [5, 5.41) is 10.5. The molecule has 0 saturated carbocycles. The molecule has 8 atom stereocenters. The second kappa shape index (κ2) is 53.5. The summed E-state index contributed by atoms with van der Waals surface area (Å²) in [6.45, 7) is 11.7. The maximum Gasteiger partial charge on any atom is 0.472 e. The lowest BCUT2D eigenvalue weighted by Gasteiger charge is -2.21. The molecule has 17 nitrogen and oxygen atoms in total. The Morgan fingerprint density at radius 2 is 0.593 bits per heavy atom. The maximum absolute atomic E-state index is 13.0. The van der Waals surface area contributed by atoms with Crippen molar-refractivity contribution in [2.24, 2.45) is 17.8 Å². The van der Waals surface area contributed by atoms with Gasteiger partial charge in [-0.05, 0) is 43.4 Å². The van der Waals surface area contributed by atoms with E-state index in [2.05, 4.69) is 48.5 Å². The third-order valence-corrected chi connectivity index (χ3v) is 17.1. The quantitative estimate of drug-likeness (QED) is 0.0222. The molecule has 3 N–H and O–H groups in total. The molecule has 19 heteroatoms. The molecule has 0 aromatic heterocycles. The summed E-state index contributed by atoms with van der Waals surface area (Å²) in [5.41, 5.74) is 0. The van der Waals surface area contributed by atoms with Gasteiger partial charge in [0.15, 0.2) is 12.2 Å². The number of carbonyl (C=O) groups is 4. The lowest BCUT2D eigenvalue weighted by atomic mass is 9.99. The lowest BCUT2D eigenvalue weighted by molar-refractivity contribution is -0.161. The van der Waals surface area contributed by atoms with Crippen molar-refractivity contribution in [1.29, 1.82) is 0 Å². The summed E-state index contributed by atoms with van der Waals surface area (Å²) in [5.74, 6) is 0.108. The number of esters is 4. The molecule has 0 bridgehead atoms. The molecule has 81 heavy (non-hydrogen) atoms. The molecule has 5 unspecified atom stereocenters. The number of carbonyl (C=O) groups excluding carboxylic acids is 4. The summed E-state index contributed by atoms with van der Waals surface area (Å²) in [6, 6.07) is 0. The van der Waals surface area contributed by atoms with Crippen molar-refractivity contribution in [3.8, 4) is 0 Å². The van der Waals surface area contributed by atoms with Gasteiger partial charge in [-0.1, -0.05) is 248 Å². The van der Waals surface area contributed by atoms with Gasteiger partial charge in [-0.25, -0.2) is 9.13 Å². The first-order valence-electron chi connectivity index (χ1n) is 32.5. The van der Waals surface area contributed by atoms with E-state index in [0.29, 0.717) is 25.7 Å². The summed E-state index contributed by atoms with van der Waals surface area (Å²) in [7, 11) is -9.88. The minimum Gasteiger partial charge on any atom is -0.462 e. The van der Waals surface area contributed by atoms with Gasteiger partial charge in [0.2, 0.25) is 0 Å². The number of phosphoric acid groups is 2. The van der Waals surface area contributed by atoms with Gasteiger partial charge in [-0.15, -0.1) is 0 Å². The van der Waals surface area contributed by atoms with Crippen molar-refractivity contribution >= 4 is 39.5 Å². The average molecular weight is 1200 g/mol. The van der Waals surface area contributed by atoms with Crippen LogP contribution >= 0.6 is 15.6 Å². The van der Waals surface area contributed by atoms with Crippen molar-refractivity contribution in [2.45, 2.75) is 317 Å². The van der Waals surface area contributed by atoms with Gasteiger partial charge in [0, 0.05) is 25.7 Å². The summed E-state index contributed by atoms with van der Waals surface area (Å²) >= 11 is 0. The van der Waals surface area contributed by atoms with E-state index in [4.69, 9.17) is 37.0 Å². The van der Waals surface area contributed by atoms with Gasteiger partial charge in [-0.3, -0.25) is 37.3 Å². The van der Waals surface area contributed by atoms with Crippen LogP contribution in [-0.4, -0.2) is 96.7 Å². The molecule has 0 aliphatic heterocycles. The smallest absolute Gasteiger partial charge is 0.462 e. The Balaban J connectivity index is 5.24. The van der Waals surface area contributed by atoms with Crippen LogP contribution in [0.15, 0.2) is 0 Å². The van der Waals surface area contributed by atoms with Crippen molar-refractivity contribution < 1.29 is 80.2 Å². The first-order valence-corrected chi connectivity index (χ1v) is 35.5. The van der Waals surface area contributed by atoms with Crippen molar-refractivity contribution in [3.05, 3.63) is 0 Å². The van der Waals surface area contributed by atoms with Crippen LogP contribution in [0.1, 0.15) is 299 Å². The Hall–Kier alpha value is -1.94. The van der Waals surface area contributed by atoms with Crippen molar-refractivity contribution in [1.82, 2.24) is 0 Å². The Labute approximate surface area is 492 Å². The molecule has 0 fully saturated rings. The highest BCUT2D eigenvalue weighted by molar-refractivity contribution is 7.47. The fraction of sp³-hybridized carbons (Fsp3) is 0.935. The fourth-order valence-corrected chi connectivity index (χ4v) is 10.6. The van der Waals surface area contributed by atoms with Crippen molar-refractivity contribution in [2.75, 3.05) is 39.6 Å². The van der Waals surface area contributed by atoms with E-state index in [1.807, 2.05) is 0 Å². The van der Waals surface area contributed by atoms with Gasteiger partial charge in [0.1, 0.15) is 19.3 Å². The van der Waals surface area contributed by atoms with Crippen LogP contribution in [0.3, 0.4) is 0 Å². The van der Waals surface area contributed by atoms with E-state index in [1.54, 1.807) is 0 Å². The molecular formula is C62H120O17P2. The normalized spacial score (nSPS) is 15.4. The van der Waals surface area contributed by atoms with Gasteiger partial charge in [0.25, 0.3) is 0 Å². The minimum atomic E-state index is -4.94. The van der Waals surface area contributed by atoms with E-state index >= 15 is 0 Å². The summed E-state index contributed by atoms with van der Waals surface area (Å²) < 4.78 is 67.8. The van der Waals surface area contributed by atoms with E-state index in [9.17, 15) is 43.2 Å². The number of phosphoric ester groups is 2. The highest BCUT2D eigenvalue weighted by Crippen LogP contribution is 2.45. The molecule has 0 heterocycles. The molecule has 0 saturated heterocycles. The molecule has 0 radical (unpaired) electrons. The van der Waals surface area contributed by atoms with E-state index in [1.165, 1.54) is 89.9 Å². The number of aliphatic hydroxyl groups is 1. The van der Waals surface area contributed by atoms with Crippen LogP contribution in [0.4, 0.5) is 0 Å². The topological polar surface area (TPSA) is 237 Å². The van der Waals surface area contributed by atoms with Gasteiger partial charge < -0.3 is 33.8 Å². The van der Waals surface area contributed by atoms with E-state index < -0.39 is 97.5 Å². The Morgan fingerprint density at radius 1 is 0.346 bits per heavy atom. The van der Waals surface area contributed by atoms with Gasteiger partial charge in [-0.2, -0.15) is 0 Å². The number of aliphatic hydroxyl groups excluding tert-OH is 1. The first kappa shape index (κ1) is 79.1. The molecule has 0 aromatic rings. The molecule has 480 valence electrons. The van der Waals surface area contributed by atoms with E-state index in [0.717, 1.165) is 127 Å². The molecule has 0 aliphatic carbocycles. The van der Waals surface area contributed by atoms with Crippen LogP contribution in [0, 0.1) is 17.8 Å². The van der Waals surface area contributed by atoms with Crippen LogP contribution < -0.4 is 0 Å². The largest absolute Gasteiger partial charge is 0.472 e. The third kappa shape index (κ3) is 53.3. The fourth-order valence-electron chi connectivity index (χ4n) is 9.03. The summed E-state index contributed by atoms with van der Waals surface area (Å²) in [6.07, 6.45) is 33.5. The summed E-state index contributed by atoms with van der Waals surface area (Å²) in [4.78, 5) is 72.0. The Kier molecular flexibility index (Phi) is 52.2. The Morgan fingerprint density at radius 3 is 0.877 bits per heavy atom. The predicted octanol–water partition coefficient (Wildman–Crippen LogP) is 16.7. The van der Waals surface area contributed by atoms with Crippen molar-refractivity contribution in [3.63, 3.8) is 0 Å². The first-order chi connectivity index (χ1) is 38.8. The molecule has 0 aliphatic rings. The van der Waals surface area contributed by atoms with Crippen LogP contribution in [0.25, 0.3) is 0 Å². The second-order valence-corrected chi connectivity index (χ2v) is 26.1. The van der Waals surface area contributed by atoms with E-state index in [-0.39, 0.29) is 25.7 Å². The highest BCUT2D eigenvalue weighted by Gasteiger charge is 2.30. The Bertz CT molecular complexity index is 1620. The average Bonchev–Trinajstić information content (AvgIpc) is 3.44. The molecule has 0 amide bonds. The second-order valence-electron chi connectivity index (χ2n) is 23.2. The van der Waals surface area contributed by atoms with Crippen LogP contribution in [0.5, 0.6) is 0 Å². The zero-order chi connectivity index (χ0) is 60.3. The zero-order valence-corrected chi connectivity index (χ0v) is 54.0. The van der Waals surface area contributed by atoms with Gasteiger partial charge in [0.05, 0.1) is 26.4 Å². The number of unbranched alkanes of at least 4 members (excludes halogenated alkanes) is 25. The number of ether oxygens (including phenoxy) is 4. The highest BCUT2D eigenvalue weighted by atomic mass is 31.2. The molecular weight excluding hydrogens is 1080 g/mol. The standard InChI is InChI=1S/C62H120O17P2/c1-8-12-13-14-19-29-36-43-59(64)72-49-58(79-62(67)46-39-32-25-23-28-35-42-55(7)11-4)52-77-81(70,71)75-48-56(63)47-74-80(68,69)76-51-57(50-73-60(65)44-37-30-24-22-27-34-41-54(6)10-3)78-61(66)45-38-31-21-18-16-15-17-20-26-33-40-53(5)9-2/h53-58,63H,8-52H2,1-7H3,(H,68,69)(H,70,71)/t53?,54?,55?,56-,57-,58-/m1/s1. The third-order valence-electron chi connectivity index (χ3n) is 15.2. The lowest BCUT2D eigenvalue weighted by Crippen LogP contribution is -2.30. The minimum absolute atomic E-state index is 0.102. The number of rotatable bonds is 60. The molecule has 0 spiro atoms.